The molecule has 0 fully saturated rings. The number of hydrogen-bond donors (Lipinski definition) is 0. The van der Waals surface area contributed by atoms with Crippen LogP contribution in [-0.2, 0) is 4.74 Å². The van der Waals surface area contributed by atoms with E-state index in [-0.39, 0.29) is 17.2 Å². The number of esters is 1. The number of carbonyl (C=O) groups is 1. The van der Waals surface area contributed by atoms with E-state index in [9.17, 15) is 13.6 Å². The zero-order valence-electron chi connectivity index (χ0n) is 8.10. The van der Waals surface area contributed by atoms with Crippen LogP contribution < -0.4 is 0 Å². The van der Waals surface area contributed by atoms with Crippen molar-refractivity contribution < 1.29 is 18.3 Å². The highest BCUT2D eigenvalue weighted by atomic mass is 35.5. The van der Waals surface area contributed by atoms with Gasteiger partial charge in [0.05, 0.1) is 11.6 Å². The number of hydrogen-bond acceptors (Lipinski definition) is 3. The molecule has 0 saturated carbocycles. The van der Waals surface area contributed by atoms with Crippen molar-refractivity contribution in [2.45, 2.75) is 13.8 Å². The van der Waals surface area contributed by atoms with Crippen LogP contribution >= 0.6 is 11.6 Å². The third kappa shape index (κ3) is 2.23. The first-order chi connectivity index (χ1) is 6.99. The minimum absolute atomic E-state index is 0.106. The highest BCUT2D eigenvalue weighted by Gasteiger charge is 2.21. The average molecular weight is 236 g/mol. The first-order valence-corrected chi connectivity index (χ1v) is 4.55. The van der Waals surface area contributed by atoms with Gasteiger partial charge in [-0.3, -0.25) is 0 Å². The Bertz CT molecular complexity index is 410. The molecule has 0 unspecified atom stereocenters. The van der Waals surface area contributed by atoms with E-state index < -0.39 is 23.4 Å². The number of nitrogens with zero attached hydrogens (tertiary/aromatic N) is 1. The maximum Gasteiger partial charge on any atom is 0.358 e. The topological polar surface area (TPSA) is 39.2 Å². The van der Waals surface area contributed by atoms with E-state index in [2.05, 4.69) is 9.72 Å². The van der Waals surface area contributed by atoms with E-state index in [1.54, 1.807) is 6.92 Å². The van der Waals surface area contributed by atoms with Crippen molar-refractivity contribution in [2.75, 3.05) is 6.61 Å². The molecule has 6 heteroatoms. The lowest BCUT2D eigenvalue weighted by atomic mass is 10.2. The molecule has 0 spiro atoms. The highest BCUT2D eigenvalue weighted by Crippen LogP contribution is 2.23. The molecule has 0 bridgehead atoms. The van der Waals surface area contributed by atoms with E-state index in [1.165, 1.54) is 6.92 Å². The summed E-state index contributed by atoms with van der Waals surface area (Å²) in [6.07, 6.45) is 0. The Balaban J connectivity index is 3.26. The van der Waals surface area contributed by atoms with E-state index in [1.807, 2.05) is 0 Å². The second-order valence-corrected chi connectivity index (χ2v) is 3.10. The second-order valence-electron chi connectivity index (χ2n) is 2.72. The molecule has 1 aromatic heterocycles. The maximum absolute atomic E-state index is 12.9. The third-order valence-corrected chi connectivity index (χ3v) is 2.19. The Morgan fingerprint density at radius 3 is 2.67 bits per heavy atom. The molecule has 0 aliphatic carbocycles. The molecular weight excluding hydrogens is 228 g/mol. The van der Waals surface area contributed by atoms with Crippen LogP contribution in [0.4, 0.5) is 8.78 Å². The van der Waals surface area contributed by atoms with Crippen LogP contribution in [0.5, 0.6) is 0 Å². The summed E-state index contributed by atoms with van der Waals surface area (Å²) in [6, 6.07) is 0. The molecule has 15 heavy (non-hydrogen) atoms. The lowest BCUT2D eigenvalue weighted by Crippen LogP contribution is -2.11. The molecule has 1 rings (SSSR count). The van der Waals surface area contributed by atoms with Crippen LogP contribution in [0.1, 0.15) is 23.0 Å². The molecule has 0 aliphatic heterocycles. The fourth-order valence-electron chi connectivity index (χ4n) is 0.960. The summed E-state index contributed by atoms with van der Waals surface area (Å²) in [4.78, 5) is 14.3. The van der Waals surface area contributed by atoms with E-state index in [4.69, 9.17) is 11.6 Å². The van der Waals surface area contributed by atoms with Crippen LogP contribution in [0.15, 0.2) is 0 Å². The number of pyridine rings is 1. The van der Waals surface area contributed by atoms with Gasteiger partial charge in [0.1, 0.15) is 0 Å². The fourth-order valence-corrected chi connectivity index (χ4v) is 1.16. The molecule has 0 atom stereocenters. The SMILES string of the molecule is CCOC(=O)c1nc(F)c(F)c(C)c1Cl. The quantitative estimate of drug-likeness (QED) is 0.584. The molecule has 0 radical (unpaired) electrons. The van der Waals surface area contributed by atoms with Crippen molar-refractivity contribution in [1.82, 2.24) is 4.98 Å². The molecule has 3 nitrogen and oxygen atoms in total. The van der Waals surface area contributed by atoms with Crippen LogP contribution in [0.25, 0.3) is 0 Å². The van der Waals surface area contributed by atoms with Crippen molar-refractivity contribution in [3.63, 3.8) is 0 Å². The van der Waals surface area contributed by atoms with Crippen molar-refractivity contribution in [3.8, 4) is 0 Å². The van der Waals surface area contributed by atoms with Gasteiger partial charge in [0.15, 0.2) is 11.5 Å². The number of halogens is 3. The second kappa shape index (κ2) is 4.53. The summed E-state index contributed by atoms with van der Waals surface area (Å²) in [5, 5.41) is -0.229. The fraction of sp³-hybridized carbons (Fsp3) is 0.333. The van der Waals surface area contributed by atoms with Crippen molar-refractivity contribution in [2.24, 2.45) is 0 Å². The van der Waals surface area contributed by atoms with Crippen molar-refractivity contribution in [1.29, 1.82) is 0 Å². The summed E-state index contributed by atoms with van der Waals surface area (Å²) < 4.78 is 30.4. The number of ether oxygens (including phenoxy) is 1. The van der Waals surface area contributed by atoms with E-state index in [0.29, 0.717) is 0 Å². The highest BCUT2D eigenvalue weighted by molar-refractivity contribution is 6.34. The molecule has 82 valence electrons. The smallest absolute Gasteiger partial charge is 0.358 e. The zero-order chi connectivity index (χ0) is 11.6. The monoisotopic (exact) mass is 235 g/mol. The third-order valence-electron chi connectivity index (χ3n) is 1.73. The van der Waals surface area contributed by atoms with Gasteiger partial charge in [-0.25, -0.2) is 14.2 Å². The van der Waals surface area contributed by atoms with Gasteiger partial charge < -0.3 is 4.74 Å². The van der Waals surface area contributed by atoms with Crippen LogP contribution in [-0.4, -0.2) is 17.6 Å². The van der Waals surface area contributed by atoms with Crippen LogP contribution in [0.2, 0.25) is 5.02 Å². The van der Waals surface area contributed by atoms with Crippen molar-refractivity contribution in [3.05, 3.63) is 28.0 Å². The van der Waals surface area contributed by atoms with Gasteiger partial charge in [0.25, 0.3) is 0 Å². The van der Waals surface area contributed by atoms with Gasteiger partial charge >= 0.3 is 5.97 Å². The Hall–Kier alpha value is -1.23. The van der Waals surface area contributed by atoms with Crippen molar-refractivity contribution >= 4 is 17.6 Å². The molecule has 0 amide bonds. The Labute approximate surface area is 90.0 Å². The summed E-state index contributed by atoms with van der Waals surface area (Å²) in [7, 11) is 0. The van der Waals surface area contributed by atoms with Gasteiger partial charge in [-0.1, -0.05) is 11.6 Å². The molecular formula is C9H8ClF2NO2. The average Bonchev–Trinajstić information content (AvgIpc) is 2.20. The summed E-state index contributed by atoms with van der Waals surface area (Å²) in [5.41, 5.74) is -0.567. The van der Waals surface area contributed by atoms with Crippen LogP contribution in [0.3, 0.4) is 0 Å². The summed E-state index contributed by atoms with van der Waals surface area (Å²) in [5.74, 6) is -3.39. The lowest BCUT2D eigenvalue weighted by molar-refractivity contribution is 0.0518. The zero-order valence-corrected chi connectivity index (χ0v) is 8.86. The van der Waals surface area contributed by atoms with Gasteiger partial charge in [-0.05, 0) is 13.8 Å². The molecule has 0 aliphatic rings. The first kappa shape index (κ1) is 11.8. The first-order valence-electron chi connectivity index (χ1n) is 4.17. The number of aromatic nitrogens is 1. The predicted octanol–water partition coefficient (Wildman–Crippen LogP) is 2.50. The van der Waals surface area contributed by atoms with Gasteiger partial charge in [-0.15, -0.1) is 0 Å². The number of rotatable bonds is 2. The molecule has 1 heterocycles. The minimum Gasteiger partial charge on any atom is -0.461 e. The minimum atomic E-state index is -1.36. The number of carbonyl (C=O) groups excluding carboxylic acids is 1. The Morgan fingerprint density at radius 2 is 2.13 bits per heavy atom. The lowest BCUT2D eigenvalue weighted by Gasteiger charge is -2.06. The van der Waals surface area contributed by atoms with E-state index in [0.717, 1.165) is 0 Å². The summed E-state index contributed by atoms with van der Waals surface area (Å²) >= 11 is 5.63. The Kier molecular flexibility index (Phi) is 3.57. The predicted molar refractivity (Wildman–Crippen MR) is 49.9 cm³/mol. The standard InChI is InChI=1S/C9H8ClF2NO2/c1-3-15-9(14)7-5(10)4(2)6(11)8(12)13-7/h3H2,1-2H3. The van der Waals surface area contributed by atoms with Gasteiger partial charge in [0.2, 0.25) is 5.95 Å². The van der Waals surface area contributed by atoms with Crippen LogP contribution in [0, 0.1) is 18.7 Å². The Morgan fingerprint density at radius 1 is 1.53 bits per heavy atom. The molecule has 1 aromatic rings. The molecule has 0 aromatic carbocycles. The van der Waals surface area contributed by atoms with Gasteiger partial charge in [-0.2, -0.15) is 4.39 Å². The maximum atomic E-state index is 12.9. The largest absolute Gasteiger partial charge is 0.461 e. The molecule has 0 N–H and O–H groups in total. The summed E-state index contributed by atoms with van der Waals surface area (Å²) in [6.45, 7) is 2.94. The molecule has 0 saturated heterocycles. The van der Waals surface area contributed by atoms with Gasteiger partial charge in [0, 0.05) is 5.56 Å². The van der Waals surface area contributed by atoms with E-state index >= 15 is 0 Å². The normalized spacial score (nSPS) is 10.2.